The fraction of sp³-hybridized carbons (Fsp3) is 0.467. The lowest BCUT2D eigenvalue weighted by Crippen LogP contribution is -2.33. The number of hydrogen-bond acceptors (Lipinski definition) is 4. The minimum Gasteiger partial charge on any atom is -0.399 e. The Morgan fingerprint density at radius 2 is 2.43 bits per heavy atom. The number of amides is 1. The Hall–Kier alpha value is -2.08. The van der Waals surface area contributed by atoms with Crippen molar-refractivity contribution in [1.29, 1.82) is 0 Å². The maximum atomic E-state index is 12.3. The third kappa shape index (κ3) is 2.71. The number of carbonyl (C=O) groups excluding carboxylic acids is 1. The molecular weight excluding hydrogens is 268 g/mol. The quantitative estimate of drug-likeness (QED) is 0.892. The Bertz CT molecular complexity index is 652. The number of aromatic nitrogens is 2. The number of anilines is 1. The second-order valence-corrected chi connectivity index (χ2v) is 5.52. The van der Waals surface area contributed by atoms with Crippen LogP contribution in [0.3, 0.4) is 0 Å². The van der Waals surface area contributed by atoms with Crippen molar-refractivity contribution in [2.24, 2.45) is 5.92 Å². The highest BCUT2D eigenvalue weighted by Crippen LogP contribution is 2.27. The lowest BCUT2D eigenvalue weighted by molar-refractivity contribution is 0.0684. The molecule has 3 rings (SSSR count). The van der Waals surface area contributed by atoms with Crippen LogP contribution in [-0.4, -0.2) is 35.3 Å². The number of nitrogens with zero attached hydrogens (tertiary/aromatic N) is 2. The Balaban J connectivity index is 1.71. The predicted octanol–water partition coefficient (Wildman–Crippen LogP) is 1.46. The topological polar surface area (TPSA) is 81.6 Å². The molecule has 3 N–H and O–H groups in total. The molecule has 2 atom stereocenters. The Morgan fingerprint density at radius 1 is 1.57 bits per heavy atom. The largest absolute Gasteiger partial charge is 0.399 e. The molecule has 0 bridgehead atoms. The number of hydrogen-bond donors (Lipinski definition) is 2. The molecule has 0 radical (unpaired) electrons. The van der Waals surface area contributed by atoms with E-state index in [9.17, 15) is 4.79 Å². The van der Waals surface area contributed by atoms with E-state index in [1.807, 2.05) is 0 Å². The van der Waals surface area contributed by atoms with Gasteiger partial charge in [0, 0.05) is 31.5 Å². The fourth-order valence-electron chi connectivity index (χ4n) is 3.04. The Labute approximate surface area is 123 Å². The van der Waals surface area contributed by atoms with Crippen molar-refractivity contribution in [2.45, 2.75) is 25.4 Å². The Kier molecular flexibility index (Phi) is 3.79. The van der Waals surface area contributed by atoms with Crippen molar-refractivity contribution in [3.63, 3.8) is 0 Å². The molecule has 0 aromatic carbocycles. The van der Waals surface area contributed by atoms with Crippen LogP contribution in [0.5, 0.6) is 0 Å². The summed E-state index contributed by atoms with van der Waals surface area (Å²) in [6.07, 6.45) is 6.91. The molecule has 2 aromatic heterocycles. The predicted molar refractivity (Wildman–Crippen MR) is 80.1 cm³/mol. The number of ether oxygens (including phenoxy) is 1. The van der Waals surface area contributed by atoms with Crippen LogP contribution < -0.4 is 11.1 Å². The van der Waals surface area contributed by atoms with E-state index in [2.05, 4.69) is 10.4 Å². The van der Waals surface area contributed by atoms with Crippen molar-refractivity contribution in [1.82, 2.24) is 14.9 Å². The molecule has 1 saturated carbocycles. The van der Waals surface area contributed by atoms with Crippen LogP contribution in [0.2, 0.25) is 0 Å². The summed E-state index contributed by atoms with van der Waals surface area (Å²) in [4.78, 5) is 12.3. The number of nitrogens with two attached hydrogens (primary N) is 1. The monoisotopic (exact) mass is 288 g/mol. The zero-order chi connectivity index (χ0) is 14.8. The lowest BCUT2D eigenvalue weighted by Gasteiger charge is -2.18. The van der Waals surface area contributed by atoms with Crippen LogP contribution in [0.4, 0.5) is 5.69 Å². The SMILES string of the molecule is COC1CCCC1CNC(=O)c1cnn2ccc(N)cc12. The van der Waals surface area contributed by atoms with Gasteiger partial charge in [-0.15, -0.1) is 0 Å². The average molecular weight is 288 g/mol. The van der Waals surface area contributed by atoms with Gasteiger partial charge in [0.2, 0.25) is 0 Å². The van der Waals surface area contributed by atoms with E-state index in [0.29, 0.717) is 23.7 Å². The van der Waals surface area contributed by atoms with E-state index in [0.717, 1.165) is 24.8 Å². The summed E-state index contributed by atoms with van der Waals surface area (Å²) in [5.74, 6) is 0.281. The second-order valence-electron chi connectivity index (χ2n) is 5.52. The molecule has 0 aliphatic heterocycles. The smallest absolute Gasteiger partial charge is 0.255 e. The highest BCUT2D eigenvalue weighted by molar-refractivity contribution is 6.00. The molecule has 1 aliphatic carbocycles. The maximum absolute atomic E-state index is 12.3. The highest BCUT2D eigenvalue weighted by Gasteiger charge is 2.27. The first kappa shape index (κ1) is 13.9. The third-order valence-electron chi connectivity index (χ3n) is 4.21. The molecule has 0 spiro atoms. The van der Waals surface area contributed by atoms with E-state index in [1.165, 1.54) is 0 Å². The van der Waals surface area contributed by atoms with Gasteiger partial charge in [-0.25, -0.2) is 4.52 Å². The number of fused-ring (bicyclic) bond motifs is 1. The number of rotatable bonds is 4. The maximum Gasteiger partial charge on any atom is 0.255 e. The zero-order valence-electron chi connectivity index (χ0n) is 12.1. The van der Waals surface area contributed by atoms with Crippen molar-refractivity contribution >= 4 is 17.1 Å². The first-order valence-corrected chi connectivity index (χ1v) is 7.23. The van der Waals surface area contributed by atoms with Crippen LogP contribution in [0.1, 0.15) is 29.6 Å². The molecule has 1 aliphatic rings. The molecule has 1 amide bonds. The van der Waals surface area contributed by atoms with Gasteiger partial charge in [-0.1, -0.05) is 6.42 Å². The number of methoxy groups -OCH3 is 1. The summed E-state index contributed by atoms with van der Waals surface area (Å²) in [5.41, 5.74) is 7.66. The lowest BCUT2D eigenvalue weighted by atomic mass is 10.1. The molecule has 2 unspecified atom stereocenters. The van der Waals surface area contributed by atoms with Gasteiger partial charge < -0.3 is 15.8 Å². The van der Waals surface area contributed by atoms with Crippen LogP contribution in [0, 0.1) is 5.92 Å². The zero-order valence-corrected chi connectivity index (χ0v) is 12.1. The molecule has 2 heterocycles. The van der Waals surface area contributed by atoms with Gasteiger partial charge in [-0.2, -0.15) is 5.10 Å². The van der Waals surface area contributed by atoms with Crippen molar-refractivity contribution < 1.29 is 9.53 Å². The fourth-order valence-corrected chi connectivity index (χ4v) is 3.04. The first-order chi connectivity index (χ1) is 10.2. The number of nitrogen functional groups attached to an aromatic ring is 1. The number of nitrogens with one attached hydrogen (secondary N) is 1. The minimum atomic E-state index is -0.114. The van der Waals surface area contributed by atoms with Crippen molar-refractivity contribution in [3.8, 4) is 0 Å². The molecule has 6 nitrogen and oxygen atoms in total. The summed E-state index contributed by atoms with van der Waals surface area (Å²) in [7, 11) is 1.73. The van der Waals surface area contributed by atoms with Crippen LogP contribution >= 0.6 is 0 Å². The summed E-state index contributed by atoms with van der Waals surface area (Å²) in [6, 6.07) is 3.51. The number of pyridine rings is 1. The number of carbonyl (C=O) groups is 1. The summed E-state index contributed by atoms with van der Waals surface area (Å²) in [5, 5.41) is 7.16. The molecule has 0 saturated heterocycles. The molecular formula is C15H20N4O2. The van der Waals surface area contributed by atoms with Crippen molar-refractivity contribution in [3.05, 3.63) is 30.1 Å². The van der Waals surface area contributed by atoms with Gasteiger partial charge in [0.25, 0.3) is 5.91 Å². The summed E-state index contributed by atoms with van der Waals surface area (Å²) in [6.45, 7) is 0.636. The minimum absolute atomic E-state index is 0.114. The Morgan fingerprint density at radius 3 is 3.24 bits per heavy atom. The van der Waals surface area contributed by atoms with Gasteiger partial charge in [0.1, 0.15) is 0 Å². The van der Waals surface area contributed by atoms with Gasteiger partial charge in [-0.3, -0.25) is 4.79 Å². The molecule has 6 heteroatoms. The van der Waals surface area contributed by atoms with Crippen LogP contribution in [0.15, 0.2) is 24.5 Å². The summed E-state index contributed by atoms with van der Waals surface area (Å²) >= 11 is 0. The standard InChI is InChI=1S/C15H20N4O2/c1-21-14-4-2-3-10(14)8-17-15(20)12-9-18-19-6-5-11(16)7-13(12)19/h5-7,9-10,14H,2-4,8,16H2,1H3,(H,17,20). The first-order valence-electron chi connectivity index (χ1n) is 7.23. The molecule has 112 valence electrons. The average Bonchev–Trinajstić information content (AvgIpc) is 3.10. The molecule has 21 heavy (non-hydrogen) atoms. The van der Waals surface area contributed by atoms with Crippen LogP contribution in [-0.2, 0) is 4.74 Å². The van der Waals surface area contributed by atoms with Crippen LogP contribution in [0.25, 0.3) is 5.52 Å². The van der Waals surface area contributed by atoms with E-state index < -0.39 is 0 Å². The molecule has 1 fully saturated rings. The van der Waals surface area contributed by atoms with Gasteiger partial charge in [0.05, 0.1) is 23.4 Å². The third-order valence-corrected chi connectivity index (χ3v) is 4.21. The second kappa shape index (κ2) is 5.73. The van der Waals surface area contributed by atoms with Gasteiger partial charge in [0.15, 0.2) is 0 Å². The van der Waals surface area contributed by atoms with Crippen molar-refractivity contribution in [2.75, 3.05) is 19.4 Å². The normalized spacial score (nSPS) is 21.8. The van der Waals surface area contributed by atoms with E-state index >= 15 is 0 Å². The van der Waals surface area contributed by atoms with Gasteiger partial charge >= 0.3 is 0 Å². The highest BCUT2D eigenvalue weighted by atomic mass is 16.5. The molecule has 2 aromatic rings. The van der Waals surface area contributed by atoms with E-state index in [-0.39, 0.29) is 12.0 Å². The van der Waals surface area contributed by atoms with E-state index in [1.54, 1.807) is 36.2 Å². The summed E-state index contributed by atoms with van der Waals surface area (Å²) < 4.78 is 7.10. The van der Waals surface area contributed by atoms with E-state index in [4.69, 9.17) is 10.5 Å². The van der Waals surface area contributed by atoms with Gasteiger partial charge in [-0.05, 0) is 25.0 Å².